The number of aliphatic imine (C=N–C) groups is 1. The number of ether oxygens (including phenoxy) is 2. The number of alkyl halides is 2. The molecule has 0 spiro atoms. The SMILES string of the molecule is CN=C(NCCCCN(C)C(C)C)NCc1cc(OC)ccc1OC(F)F.I. The standard InChI is InChI=1S/C19H32F2N4O2.HI/c1-14(2)25(4)11-7-6-10-23-19(22-3)24-13-15-12-16(26-5)8-9-17(15)27-18(20)21;/h8-9,12,14,18H,6-7,10-11,13H2,1-5H3,(H2,22,23,24);1H. The molecule has 1 rings (SSSR count). The number of methoxy groups -OCH3 is 1. The highest BCUT2D eigenvalue weighted by molar-refractivity contribution is 14.0. The number of nitrogens with zero attached hydrogens (tertiary/aromatic N) is 2. The molecule has 0 amide bonds. The molecule has 0 radical (unpaired) electrons. The molecule has 0 saturated heterocycles. The van der Waals surface area contributed by atoms with Crippen LogP contribution in [0.4, 0.5) is 8.78 Å². The van der Waals surface area contributed by atoms with Gasteiger partial charge in [0.1, 0.15) is 11.5 Å². The van der Waals surface area contributed by atoms with Gasteiger partial charge in [-0.3, -0.25) is 4.99 Å². The van der Waals surface area contributed by atoms with Gasteiger partial charge in [-0.15, -0.1) is 24.0 Å². The van der Waals surface area contributed by atoms with Gasteiger partial charge in [0.2, 0.25) is 0 Å². The molecule has 1 aromatic carbocycles. The van der Waals surface area contributed by atoms with Crippen LogP contribution in [0.3, 0.4) is 0 Å². The van der Waals surface area contributed by atoms with Crippen molar-refractivity contribution in [1.82, 2.24) is 15.5 Å². The Hall–Kier alpha value is -1.36. The zero-order valence-electron chi connectivity index (χ0n) is 17.3. The lowest BCUT2D eigenvalue weighted by Gasteiger charge is -2.20. The fourth-order valence-electron chi connectivity index (χ4n) is 2.38. The summed E-state index contributed by atoms with van der Waals surface area (Å²) in [6, 6.07) is 5.27. The van der Waals surface area contributed by atoms with Crippen molar-refractivity contribution in [3.05, 3.63) is 23.8 Å². The number of benzene rings is 1. The van der Waals surface area contributed by atoms with Crippen LogP contribution < -0.4 is 20.1 Å². The van der Waals surface area contributed by atoms with Crippen LogP contribution in [0.5, 0.6) is 11.5 Å². The van der Waals surface area contributed by atoms with Crippen molar-refractivity contribution in [2.75, 3.05) is 34.3 Å². The smallest absolute Gasteiger partial charge is 0.387 e. The average Bonchev–Trinajstić information content (AvgIpc) is 2.64. The van der Waals surface area contributed by atoms with Gasteiger partial charge in [0, 0.05) is 31.7 Å². The fraction of sp³-hybridized carbons (Fsp3) is 0.632. The third-order valence-corrected chi connectivity index (χ3v) is 4.27. The molecule has 0 aliphatic heterocycles. The minimum atomic E-state index is -2.88. The van der Waals surface area contributed by atoms with Crippen molar-refractivity contribution < 1.29 is 18.3 Å². The molecule has 0 unspecified atom stereocenters. The van der Waals surface area contributed by atoms with Gasteiger partial charge in [0.25, 0.3) is 0 Å². The Bertz CT molecular complexity index is 589. The first-order chi connectivity index (χ1) is 12.9. The quantitative estimate of drug-likeness (QED) is 0.204. The first kappa shape index (κ1) is 26.6. The monoisotopic (exact) mass is 514 g/mol. The van der Waals surface area contributed by atoms with Crippen LogP contribution in [0.1, 0.15) is 32.3 Å². The van der Waals surface area contributed by atoms with Gasteiger partial charge in [-0.25, -0.2) is 0 Å². The molecule has 162 valence electrons. The molecule has 0 aromatic heterocycles. The Morgan fingerprint density at radius 2 is 1.93 bits per heavy atom. The minimum Gasteiger partial charge on any atom is -0.497 e. The van der Waals surface area contributed by atoms with Crippen molar-refractivity contribution in [1.29, 1.82) is 0 Å². The Labute approximate surface area is 184 Å². The van der Waals surface area contributed by atoms with Crippen LogP contribution in [0.2, 0.25) is 0 Å². The Morgan fingerprint density at radius 1 is 1.21 bits per heavy atom. The van der Waals surface area contributed by atoms with E-state index in [1.807, 2.05) is 0 Å². The Balaban J connectivity index is 0.00000729. The van der Waals surface area contributed by atoms with E-state index in [0.717, 1.165) is 25.9 Å². The molecule has 0 saturated carbocycles. The molecular formula is C19H33F2IN4O2. The van der Waals surface area contributed by atoms with Crippen LogP contribution in [0, 0.1) is 0 Å². The molecule has 0 aliphatic rings. The van der Waals surface area contributed by atoms with E-state index in [4.69, 9.17) is 4.74 Å². The van der Waals surface area contributed by atoms with Crippen molar-refractivity contribution in [2.45, 2.75) is 45.9 Å². The molecule has 9 heteroatoms. The summed E-state index contributed by atoms with van der Waals surface area (Å²) in [6.45, 7) is 3.59. The summed E-state index contributed by atoms with van der Waals surface area (Å²) in [4.78, 5) is 6.47. The zero-order chi connectivity index (χ0) is 20.2. The topological polar surface area (TPSA) is 58.1 Å². The maximum atomic E-state index is 12.6. The summed E-state index contributed by atoms with van der Waals surface area (Å²) >= 11 is 0. The predicted octanol–water partition coefficient (Wildman–Crippen LogP) is 3.70. The van der Waals surface area contributed by atoms with E-state index in [1.165, 1.54) is 13.2 Å². The lowest BCUT2D eigenvalue weighted by Crippen LogP contribution is -2.37. The van der Waals surface area contributed by atoms with Crippen LogP contribution >= 0.6 is 24.0 Å². The number of hydrogen-bond donors (Lipinski definition) is 2. The highest BCUT2D eigenvalue weighted by Gasteiger charge is 2.11. The molecule has 0 bridgehead atoms. The largest absolute Gasteiger partial charge is 0.497 e. The molecule has 0 atom stereocenters. The van der Waals surface area contributed by atoms with Gasteiger partial charge in [-0.2, -0.15) is 8.78 Å². The summed E-state index contributed by atoms with van der Waals surface area (Å²) in [6.07, 6.45) is 2.09. The first-order valence-corrected chi connectivity index (χ1v) is 9.13. The van der Waals surface area contributed by atoms with E-state index in [9.17, 15) is 8.78 Å². The molecule has 2 N–H and O–H groups in total. The average molecular weight is 514 g/mol. The van der Waals surface area contributed by atoms with Crippen LogP contribution in [-0.2, 0) is 6.54 Å². The van der Waals surface area contributed by atoms with E-state index in [-0.39, 0.29) is 36.3 Å². The van der Waals surface area contributed by atoms with Crippen molar-refractivity contribution in [3.8, 4) is 11.5 Å². The summed E-state index contributed by atoms with van der Waals surface area (Å²) in [5.74, 6) is 1.30. The van der Waals surface area contributed by atoms with Crippen LogP contribution in [0.25, 0.3) is 0 Å². The van der Waals surface area contributed by atoms with E-state index in [1.54, 1.807) is 19.2 Å². The van der Waals surface area contributed by atoms with Gasteiger partial charge in [-0.1, -0.05) is 0 Å². The van der Waals surface area contributed by atoms with Crippen molar-refractivity contribution in [2.24, 2.45) is 4.99 Å². The van der Waals surface area contributed by atoms with E-state index >= 15 is 0 Å². The number of hydrogen-bond acceptors (Lipinski definition) is 4. The number of halogens is 3. The summed E-state index contributed by atoms with van der Waals surface area (Å²) in [5, 5.41) is 6.35. The van der Waals surface area contributed by atoms with Gasteiger partial charge in [0.05, 0.1) is 7.11 Å². The third-order valence-electron chi connectivity index (χ3n) is 4.27. The molecule has 0 heterocycles. The van der Waals surface area contributed by atoms with E-state index < -0.39 is 6.61 Å². The van der Waals surface area contributed by atoms with Crippen molar-refractivity contribution >= 4 is 29.9 Å². The maximum Gasteiger partial charge on any atom is 0.387 e. The summed E-state index contributed by atoms with van der Waals surface area (Å²) < 4.78 is 34.9. The van der Waals surface area contributed by atoms with Gasteiger partial charge >= 0.3 is 6.61 Å². The number of rotatable bonds is 11. The molecule has 6 nitrogen and oxygen atoms in total. The second-order valence-corrected chi connectivity index (χ2v) is 6.49. The summed E-state index contributed by atoms with van der Waals surface area (Å²) in [5.41, 5.74) is 0.566. The lowest BCUT2D eigenvalue weighted by atomic mass is 10.2. The van der Waals surface area contributed by atoms with Crippen LogP contribution in [-0.4, -0.2) is 57.8 Å². The normalized spacial score (nSPS) is 11.6. The Kier molecular flexibility index (Phi) is 13.9. The van der Waals surface area contributed by atoms with E-state index in [0.29, 0.717) is 23.3 Å². The molecule has 0 aliphatic carbocycles. The lowest BCUT2D eigenvalue weighted by molar-refractivity contribution is -0.0504. The van der Waals surface area contributed by atoms with E-state index in [2.05, 4.69) is 46.2 Å². The number of unbranched alkanes of at least 4 members (excludes halogenated alkanes) is 1. The van der Waals surface area contributed by atoms with Crippen molar-refractivity contribution in [3.63, 3.8) is 0 Å². The highest BCUT2D eigenvalue weighted by atomic mass is 127. The predicted molar refractivity (Wildman–Crippen MR) is 120 cm³/mol. The molecular weight excluding hydrogens is 481 g/mol. The Morgan fingerprint density at radius 3 is 2.50 bits per heavy atom. The zero-order valence-corrected chi connectivity index (χ0v) is 19.6. The fourth-order valence-corrected chi connectivity index (χ4v) is 2.38. The highest BCUT2D eigenvalue weighted by Crippen LogP contribution is 2.25. The van der Waals surface area contributed by atoms with Gasteiger partial charge in [0.15, 0.2) is 5.96 Å². The second-order valence-electron chi connectivity index (χ2n) is 6.49. The molecule has 0 fully saturated rings. The van der Waals surface area contributed by atoms with Crippen LogP contribution in [0.15, 0.2) is 23.2 Å². The molecule has 28 heavy (non-hydrogen) atoms. The minimum absolute atomic E-state index is 0. The van der Waals surface area contributed by atoms with Gasteiger partial charge < -0.3 is 25.0 Å². The number of guanidine groups is 1. The first-order valence-electron chi connectivity index (χ1n) is 9.13. The summed E-state index contributed by atoms with van der Waals surface area (Å²) in [7, 11) is 5.31. The molecule has 1 aromatic rings. The number of nitrogens with one attached hydrogen (secondary N) is 2. The second kappa shape index (κ2) is 14.6. The maximum absolute atomic E-state index is 12.6. The van der Waals surface area contributed by atoms with Gasteiger partial charge in [-0.05, 0) is 58.5 Å². The third kappa shape index (κ3) is 10.3.